The molecule has 0 unspecified atom stereocenters. The van der Waals surface area contributed by atoms with E-state index in [4.69, 9.17) is 51.5 Å². The van der Waals surface area contributed by atoms with Crippen LogP contribution in [0.25, 0.3) is 0 Å². The monoisotopic (exact) mass is 1140 g/mol. The molecule has 0 radical (unpaired) electrons. The molecule has 10 atom stereocenters. The van der Waals surface area contributed by atoms with Gasteiger partial charge in [0.2, 0.25) is 0 Å². The van der Waals surface area contributed by atoms with Gasteiger partial charge in [0.25, 0.3) is 0 Å². The molecule has 4 rings (SSSR count). The van der Waals surface area contributed by atoms with Crippen LogP contribution >= 0.6 is 0 Å². The van der Waals surface area contributed by atoms with Gasteiger partial charge in [-0.2, -0.15) is 0 Å². The van der Waals surface area contributed by atoms with Crippen LogP contribution in [0.5, 0.6) is 11.5 Å². The largest absolute Gasteiger partial charge is 0.497 e. The second-order valence-electron chi connectivity index (χ2n) is 26.1. The van der Waals surface area contributed by atoms with Gasteiger partial charge in [0.15, 0.2) is 28.2 Å². The molecule has 78 heavy (non-hydrogen) atoms. The van der Waals surface area contributed by atoms with E-state index in [9.17, 15) is 9.90 Å². The summed E-state index contributed by atoms with van der Waals surface area (Å²) in [6.45, 7) is 42.8. The second-order valence-corrected chi connectivity index (χ2v) is 35.6. The molecular weight excluding hydrogens is 1030 g/mol. The zero-order valence-corrected chi connectivity index (χ0v) is 53.9. The lowest BCUT2D eigenvalue weighted by atomic mass is 9.97. The summed E-state index contributed by atoms with van der Waals surface area (Å²) < 4.78 is 98.2. The average molecular weight is 1140 g/mol. The van der Waals surface area contributed by atoms with E-state index in [2.05, 4.69) is 67.7 Å². The van der Waals surface area contributed by atoms with Crippen LogP contribution < -0.4 is 9.47 Å². The van der Waals surface area contributed by atoms with Crippen molar-refractivity contribution in [2.24, 2.45) is 17.3 Å². The topological polar surface area (TPSA) is 139 Å². The van der Waals surface area contributed by atoms with E-state index in [1.165, 1.54) is 0 Å². The lowest BCUT2D eigenvalue weighted by Crippen LogP contribution is -2.44. The van der Waals surface area contributed by atoms with Crippen molar-refractivity contribution in [2.75, 3.05) is 27.4 Å². The number of benzene rings is 2. The quantitative estimate of drug-likeness (QED) is 0.0746. The summed E-state index contributed by atoms with van der Waals surface area (Å²) in [6, 6.07) is 14.9. The molecule has 446 valence electrons. The van der Waals surface area contributed by atoms with Gasteiger partial charge >= 0.3 is 5.97 Å². The van der Waals surface area contributed by atoms with Crippen LogP contribution in [0, 0.1) is 17.3 Å². The fraction of sp³-hybridized carbons (Fsp3) is 0.721. The molecule has 0 spiro atoms. The third-order valence-electron chi connectivity index (χ3n) is 15.3. The molecule has 1 N–H and O–H groups in total. The van der Waals surface area contributed by atoms with Gasteiger partial charge in [-0.25, -0.2) is 8.78 Å². The van der Waals surface area contributed by atoms with Crippen LogP contribution in [-0.4, -0.2) is 116 Å². The predicted octanol–water partition coefficient (Wildman–Crippen LogP) is 14.4. The smallest absolute Gasteiger partial charge is 0.311 e. The number of carbonyl (C=O) groups is 1. The van der Waals surface area contributed by atoms with Gasteiger partial charge in [-0.1, -0.05) is 79.7 Å². The van der Waals surface area contributed by atoms with Crippen molar-refractivity contribution < 1.29 is 70.2 Å². The van der Waals surface area contributed by atoms with Gasteiger partial charge in [-0.3, -0.25) is 4.79 Å². The summed E-state index contributed by atoms with van der Waals surface area (Å²) in [5.74, 6) is -1.97. The molecule has 2 saturated heterocycles. The van der Waals surface area contributed by atoms with Crippen molar-refractivity contribution in [2.45, 2.75) is 240 Å². The highest BCUT2D eigenvalue weighted by atomic mass is 28.4. The molecular formula is C61H102F2O13Si2. The predicted molar refractivity (Wildman–Crippen MR) is 310 cm³/mol. The van der Waals surface area contributed by atoms with Crippen LogP contribution in [0.1, 0.15) is 142 Å². The Morgan fingerprint density at radius 1 is 0.615 bits per heavy atom. The summed E-state index contributed by atoms with van der Waals surface area (Å²) in [6.07, 6.45) is -1.07. The molecule has 13 nitrogen and oxygen atoms in total. The Morgan fingerprint density at radius 2 is 0.962 bits per heavy atom. The minimum Gasteiger partial charge on any atom is -0.497 e. The molecule has 2 aliphatic rings. The lowest BCUT2D eigenvalue weighted by Gasteiger charge is -2.39. The van der Waals surface area contributed by atoms with Gasteiger partial charge in [-0.15, -0.1) is 0 Å². The molecule has 2 aromatic rings. The first kappa shape index (κ1) is 69.2. The standard InChI is InChI=1S/C33H55FO7Si.C28H47FO6Si/c1-22(23(2)41-42(12,13)32(6,7)8)20-26(34)28(38-21-24-14-16-25(36-11)17-15-24)29-27(39-33(9,10)40-29)18-19-37-30(35)31(3,4)5;1-19(20(2)35-36(9,10)27(3,4)5)17-23(29)25(26-24(15-16-30)33-28(6,7)34-26)32-18-21-11-13-22(31-8)14-12-21/h14-17,20,22-23,27-29H,18-19,21H2,1-13H3;11-14,17,19-20,24-26,30H,15-16,18H2,1-10H3/b26-20+;23-17+/t22-,23+,27+,28-,29+;19-,20+,24+,25-,26+/m11/s1. The number of aliphatic hydroxyl groups excluding tert-OH is 1. The molecule has 2 aromatic carbocycles. The molecule has 2 aliphatic heterocycles. The minimum atomic E-state index is -2.05. The fourth-order valence-corrected chi connectivity index (χ4v) is 11.2. The minimum absolute atomic E-state index is 0.0392. The molecule has 0 saturated carbocycles. The van der Waals surface area contributed by atoms with Gasteiger partial charge in [-0.05, 0) is 153 Å². The Labute approximate surface area is 471 Å². The number of rotatable bonds is 25. The number of aliphatic hydroxyl groups is 1. The van der Waals surface area contributed by atoms with Gasteiger partial charge < -0.3 is 56.6 Å². The van der Waals surface area contributed by atoms with E-state index in [0.717, 1.165) is 22.6 Å². The van der Waals surface area contributed by atoms with Crippen molar-refractivity contribution in [3.8, 4) is 11.5 Å². The third-order valence-corrected chi connectivity index (χ3v) is 24.5. The number of hydrogen-bond donors (Lipinski definition) is 1. The first-order valence-electron chi connectivity index (χ1n) is 27.9. The number of ether oxygens (including phenoxy) is 9. The van der Waals surface area contributed by atoms with Gasteiger partial charge in [0.05, 0.1) is 51.7 Å². The zero-order valence-electron chi connectivity index (χ0n) is 51.9. The highest BCUT2D eigenvalue weighted by Crippen LogP contribution is 2.42. The summed E-state index contributed by atoms with van der Waals surface area (Å²) in [7, 11) is -0.839. The summed E-state index contributed by atoms with van der Waals surface area (Å²) in [5.41, 5.74) is 1.13. The number of carbonyl (C=O) groups excluding carboxylic acids is 1. The summed E-state index contributed by atoms with van der Waals surface area (Å²) in [4.78, 5) is 12.3. The molecule has 0 aromatic heterocycles. The van der Waals surface area contributed by atoms with Crippen molar-refractivity contribution in [1.82, 2.24) is 0 Å². The maximum Gasteiger partial charge on any atom is 0.311 e. The number of methoxy groups -OCH3 is 2. The zero-order chi connectivity index (χ0) is 59.4. The third kappa shape index (κ3) is 21.0. The van der Waals surface area contributed by atoms with Crippen LogP contribution in [0.2, 0.25) is 36.3 Å². The molecule has 2 heterocycles. The van der Waals surface area contributed by atoms with E-state index in [1.54, 1.807) is 74.8 Å². The van der Waals surface area contributed by atoms with Crippen LogP contribution in [0.3, 0.4) is 0 Å². The van der Waals surface area contributed by atoms with Crippen LogP contribution in [0.15, 0.2) is 72.3 Å². The van der Waals surface area contributed by atoms with Crippen molar-refractivity contribution in [1.29, 1.82) is 0 Å². The normalized spacial score (nSPS) is 22.6. The van der Waals surface area contributed by atoms with Crippen molar-refractivity contribution >= 4 is 22.6 Å². The maximum absolute atomic E-state index is 16.3. The molecule has 2 fully saturated rings. The Hall–Kier alpha value is -3.08. The van der Waals surface area contributed by atoms with E-state index >= 15 is 8.78 Å². The first-order chi connectivity index (χ1) is 35.8. The lowest BCUT2D eigenvalue weighted by molar-refractivity contribution is -0.160. The highest BCUT2D eigenvalue weighted by Gasteiger charge is 2.49. The fourth-order valence-electron chi connectivity index (χ4n) is 8.24. The molecule has 0 bridgehead atoms. The van der Waals surface area contributed by atoms with Gasteiger partial charge in [0.1, 0.15) is 47.6 Å². The first-order valence-corrected chi connectivity index (χ1v) is 33.7. The van der Waals surface area contributed by atoms with Crippen LogP contribution in [0.4, 0.5) is 8.78 Å². The number of esters is 1. The SMILES string of the molecule is COc1ccc(CO[C@H](/C(F)=C\[C@@H](C)[C@H](C)O[Si](C)(C)C(C)(C)C)[C@H]2OC(C)(C)O[C@H]2CCO)cc1.COc1ccc(CO[C@H](/C(F)=C\[C@@H](C)[C@H](C)O[Si](C)(C)C(C)(C)C)[C@H]2OC(C)(C)O[C@H]2CCOC(=O)C(C)(C)C)cc1. The Kier molecular flexibility index (Phi) is 25.5. The van der Waals surface area contributed by atoms with E-state index < -0.39 is 81.9 Å². The Morgan fingerprint density at radius 3 is 1.27 bits per heavy atom. The second kappa shape index (κ2) is 28.8. The molecule has 0 aliphatic carbocycles. The number of halogens is 2. The molecule has 17 heteroatoms. The van der Waals surface area contributed by atoms with E-state index in [1.807, 2.05) is 76.2 Å². The van der Waals surface area contributed by atoms with E-state index in [-0.39, 0.29) is 66.5 Å². The summed E-state index contributed by atoms with van der Waals surface area (Å²) in [5, 5.41) is 9.68. The average Bonchev–Trinajstić information content (AvgIpc) is 3.80. The molecule has 0 amide bonds. The highest BCUT2D eigenvalue weighted by molar-refractivity contribution is 6.74. The van der Waals surface area contributed by atoms with Crippen LogP contribution in [-0.2, 0) is 60.0 Å². The Balaban J connectivity index is 0.000000415. The van der Waals surface area contributed by atoms with Crippen molar-refractivity contribution in [3.63, 3.8) is 0 Å². The summed E-state index contributed by atoms with van der Waals surface area (Å²) >= 11 is 0. The Bertz CT molecular complexity index is 2200. The van der Waals surface area contributed by atoms with E-state index in [0.29, 0.717) is 12.8 Å². The maximum atomic E-state index is 16.3. The van der Waals surface area contributed by atoms with Gasteiger partial charge in [0, 0.05) is 37.1 Å². The van der Waals surface area contributed by atoms with Crippen molar-refractivity contribution in [3.05, 3.63) is 83.5 Å². The number of hydrogen-bond acceptors (Lipinski definition) is 13.